The van der Waals surface area contributed by atoms with E-state index in [0.29, 0.717) is 45.2 Å². The molecular weight excluding hydrogens is 883 g/mol. The first-order valence-electron chi connectivity index (χ1n) is 23.8. The Morgan fingerprint density at radius 2 is 1.31 bits per heavy atom. The highest BCUT2D eigenvalue weighted by Crippen LogP contribution is 2.20. The van der Waals surface area contributed by atoms with Crippen molar-refractivity contribution in [3.05, 3.63) is 0 Å². The third-order valence-corrected chi connectivity index (χ3v) is 11.5. The predicted molar refractivity (Wildman–Crippen MR) is 256 cm³/mol. The van der Waals surface area contributed by atoms with Crippen LogP contribution in [0.15, 0.2) is 4.99 Å². The third kappa shape index (κ3) is 20.9. The van der Waals surface area contributed by atoms with E-state index in [4.69, 9.17) is 11.5 Å². The first-order chi connectivity index (χ1) is 31.9. The van der Waals surface area contributed by atoms with Crippen molar-refractivity contribution in [3.63, 3.8) is 0 Å². The van der Waals surface area contributed by atoms with E-state index in [2.05, 4.69) is 47.5 Å². The average molecular weight is 964 g/mol. The summed E-state index contributed by atoms with van der Waals surface area (Å²) >= 11 is 0. The van der Waals surface area contributed by atoms with Crippen molar-refractivity contribution in [1.82, 2.24) is 52.3 Å². The van der Waals surface area contributed by atoms with Gasteiger partial charge in [-0.2, -0.15) is 0 Å². The molecule has 23 heteroatoms. The number of aliphatic imine (C=N–C) groups is 1. The fourth-order valence-corrected chi connectivity index (χ4v) is 7.29. The van der Waals surface area contributed by atoms with Gasteiger partial charge < -0.3 is 63.8 Å². The number of guanidine groups is 1. The van der Waals surface area contributed by atoms with E-state index >= 15 is 0 Å². The first kappa shape index (κ1) is 60.0. The lowest BCUT2D eigenvalue weighted by atomic mass is 9.96. The van der Waals surface area contributed by atoms with Gasteiger partial charge in [0.25, 0.3) is 0 Å². The Kier molecular flexibility index (Phi) is 26.8. The molecule has 8 atom stereocenters. The smallest absolute Gasteiger partial charge is 0.245 e. The predicted octanol–water partition coefficient (Wildman–Crippen LogP) is -1.76. The third-order valence-electron chi connectivity index (χ3n) is 11.5. The second-order valence-electron chi connectivity index (χ2n) is 18.2. The van der Waals surface area contributed by atoms with Crippen LogP contribution in [0.25, 0.3) is 0 Å². The van der Waals surface area contributed by atoms with E-state index < -0.39 is 108 Å². The number of likely N-dealkylation sites (N-methyl/N-ethyl adjacent to an activating group) is 2. The van der Waals surface area contributed by atoms with Crippen LogP contribution in [0, 0.1) is 17.8 Å². The molecule has 23 nitrogen and oxygen atoms in total. The zero-order chi connectivity index (χ0) is 51.8. The number of nitrogens with zero attached hydrogens (tertiary/aromatic N) is 3. The van der Waals surface area contributed by atoms with Gasteiger partial charge in [-0.3, -0.25) is 52.9 Å². The van der Waals surface area contributed by atoms with Gasteiger partial charge in [0.1, 0.15) is 42.3 Å². The summed E-state index contributed by atoms with van der Waals surface area (Å²) in [5, 5.41) is 21.4. The van der Waals surface area contributed by atoms with E-state index in [9.17, 15) is 47.9 Å². The quantitative estimate of drug-likeness (QED) is 0.0227. The van der Waals surface area contributed by atoms with Crippen LogP contribution in [0.4, 0.5) is 0 Å². The minimum absolute atomic E-state index is 0.0959. The van der Waals surface area contributed by atoms with Gasteiger partial charge in [-0.05, 0) is 70.1 Å². The number of carbonyl (C=O) groups is 10. The summed E-state index contributed by atoms with van der Waals surface area (Å²) in [4.78, 5) is 139. The molecule has 1 fully saturated rings. The number of nitrogens with two attached hydrogens (primary N) is 2. The molecule has 0 aromatic carbocycles. The van der Waals surface area contributed by atoms with E-state index in [1.165, 1.54) is 30.7 Å². The Bertz CT molecular complexity index is 1770. The van der Waals surface area contributed by atoms with Gasteiger partial charge >= 0.3 is 0 Å². The average Bonchev–Trinajstić information content (AvgIpc) is 3.76. The van der Waals surface area contributed by atoms with E-state index in [-0.39, 0.29) is 56.0 Å². The van der Waals surface area contributed by atoms with Gasteiger partial charge in [-0.1, -0.05) is 61.3 Å². The molecule has 1 heterocycles. The Morgan fingerprint density at radius 1 is 0.706 bits per heavy atom. The molecule has 1 rings (SSSR count). The number of carbonyl (C=O) groups excluding carboxylic acids is 10. The number of likely N-dealkylation sites (tertiary alicyclic amines) is 1. The molecule has 0 aromatic heterocycles. The van der Waals surface area contributed by atoms with Crippen molar-refractivity contribution >= 4 is 65.0 Å². The van der Waals surface area contributed by atoms with Gasteiger partial charge in [0, 0.05) is 33.6 Å². The summed E-state index contributed by atoms with van der Waals surface area (Å²) < 4.78 is 0. The number of hydrogen-bond acceptors (Lipinski definition) is 11. The zero-order valence-electron chi connectivity index (χ0n) is 42.0. The molecular formula is C45H81N13O10. The lowest BCUT2D eigenvalue weighted by Gasteiger charge is -2.31. The zero-order valence-corrected chi connectivity index (χ0v) is 42.0. The Balaban J connectivity index is 3.18. The molecule has 0 aliphatic carbocycles. The van der Waals surface area contributed by atoms with Gasteiger partial charge in [0.2, 0.25) is 59.1 Å². The number of hydrogen-bond donors (Lipinski definition) is 10. The van der Waals surface area contributed by atoms with Crippen LogP contribution in [0.1, 0.15) is 121 Å². The maximum atomic E-state index is 14.1. The first-order valence-corrected chi connectivity index (χ1v) is 23.8. The minimum Gasteiger partial charge on any atom is -0.370 e. The number of amides is 10. The topological polar surface area (TPSA) is 338 Å². The summed E-state index contributed by atoms with van der Waals surface area (Å²) in [6, 6.07) is -7.46. The van der Waals surface area contributed by atoms with Crippen LogP contribution < -0.4 is 54.0 Å². The molecule has 1 aliphatic rings. The largest absolute Gasteiger partial charge is 0.370 e. The molecule has 1 saturated heterocycles. The molecule has 0 radical (unpaired) electrons. The lowest BCUT2D eigenvalue weighted by Crippen LogP contribution is -2.61. The molecule has 0 spiro atoms. The maximum Gasteiger partial charge on any atom is 0.245 e. The molecule has 10 amide bonds. The van der Waals surface area contributed by atoms with Crippen LogP contribution in [0.2, 0.25) is 0 Å². The summed E-state index contributed by atoms with van der Waals surface area (Å²) in [5.41, 5.74) is 11.0. The second-order valence-corrected chi connectivity index (χ2v) is 18.2. The van der Waals surface area contributed by atoms with Crippen LogP contribution in [-0.2, 0) is 47.9 Å². The molecule has 0 unspecified atom stereocenters. The van der Waals surface area contributed by atoms with E-state index in [1.807, 2.05) is 20.8 Å². The van der Waals surface area contributed by atoms with Crippen molar-refractivity contribution in [2.45, 2.75) is 163 Å². The van der Waals surface area contributed by atoms with Crippen LogP contribution in [0.5, 0.6) is 0 Å². The van der Waals surface area contributed by atoms with Gasteiger partial charge in [0.15, 0.2) is 5.96 Å². The van der Waals surface area contributed by atoms with Crippen molar-refractivity contribution in [2.24, 2.45) is 34.2 Å². The Labute approximate surface area is 401 Å². The van der Waals surface area contributed by atoms with Crippen molar-refractivity contribution in [3.8, 4) is 0 Å². The molecule has 0 aromatic rings. The van der Waals surface area contributed by atoms with Crippen molar-refractivity contribution < 1.29 is 47.9 Å². The van der Waals surface area contributed by atoms with E-state index in [1.54, 1.807) is 34.6 Å². The fourth-order valence-electron chi connectivity index (χ4n) is 7.29. The Morgan fingerprint density at radius 3 is 1.87 bits per heavy atom. The second kappa shape index (κ2) is 30.4. The van der Waals surface area contributed by atoms with Crippen LogP contribution in [0.3, 0.4) is 0 Å². The Hall–Kier alpha value is -6.03. The standard InChI is InChI=1S/C45H81N13O10/c1-12-17-30(39(63)56-37(27(8)13-2)43(67)53-31(18-15-20-49-45(46)47)44(68)58-21-16-19-33(58)41(65)48-14-3)52-38(62)28(9)51-40(64)32(22-25(4)5)54-42(66)36(26(6)7)55-34(60)23-50-35(61)24-57(11)29(10)59/h25-28,30-33,36-37H,12-24H2,1-11H3,(H,48,65)(H,50,61)(H,51,64)(H,52,62)(H,53,67)(H,54,66)(H,55,60)(H,56,63)(H4,46,47,49)/t27-,28-,30-,31-,32+,33-,36-,37-/m0/s1. The molecule has 0 saturated carbocycles. The van der Waals surface area contributed by atoms with Crippen molar-refractivity contribution in [2.75, 3.05) is 39.8 Å². The summed E-state index contributed by atoms with van der Waals surface area (Å²) in [7, 11) is 1.43. The van der Waals surface area contributed by atoms with Gasteiger partial charge in [0.05, 0.1) is 13.1 Å². The summed E-state index contributed by atoms with van der Waals surface area (Å²) in [6.07, 6.45) is 2.77. The molecule has 68 heavy (non-hydrogen) atoms. The SMILES string of the molecule is CCC[C@H](NC(=O)[C@H](C)NC(=O)[C@@H](CC(C)C)NC(=O)[C@@H](NC(=O)CNC(=O)CN(C)C(C)=O)C(C)C)C(=O)N[C@H](C(=O)N[C@@H](CCCN=C(N)N)C(=O)N1CCC[C@H]1C(=O)NCC)[C@@H](C)CC. The summed E-state index contributed by atoms with van der Waals surface area (Å²) in [6.45, 7) is 17.1. The highest BCUT2D eigenvalue weighted by molar-refractivity contribution is 5.98. The molecule has 0 bridgehead atoms. The van der Waals surface area contributed by atoms with Crippen LogP contribution in [-0.4, -0.2) is 157 Å². The van der Waals surface area contributed by atoms with Gasteiger partial charge in [-0.25, -0.2) is 0 Å². The highest BCUT2D eigenvalue weighted by atomic mass is 16.2. The highest BCUT2D eigenvalue weighted by Gasteiger charge is 2.39. The van der Waals surface area contributed by atoms with Crippen molar-refractivity contribution in [1.29, 1.82) is 0 Å². The fraction of sp³-hybridized carbons (Fsp3) is 0.756. The minimum atomic E-state index is -1.19. The monoisotopic (exact) mass is 964 g/mol. The lowest BCUT2D eigenvalue weighted by molar-refractivity contribution is -0.142. The number of rotatable bonds is 29. The maximum absolute atomic E-state index is 14.1. The molecule has 1 aliphatic heterocycles. The molecule has 386 valence electrons. The summed E-state index contributed by atoms with van der Waals surface area (Å²) in [5.74, 6) is -6.79. The van der Waals surface area contributed by atoms with E-state index in [0.717, 1.165) is 0 Å². The normalized spacial score (nSPS) is 16.4. The number of nitrogens with one attached hydrogen (secondary N) is 8. The molecule has 12 N–H and O–H groups in total. The van der Waals surface area contributed by atoms with Crippen LogP contribution >= 0.6 is 0 Å². The van der Waals surface area contributed by atoms with Gasteiger partial charge in [-0.15, -0.1) is 0 Å².